The molecule has 0 unspecified atom stereocenters. The smallest absolute Gasteiger partial charge is 0.254 e. The van der Waals surface area contributed by atoms with Crippen LogP contribution in [0.5, 0.6) is 5.75 Å². The van der Waals surface area contributed by atoms with Crippen LogP contribution in [0.2, 0.25) is 0 Å². The Bertz CT molecular complexity index is 680. The number of carbonyl (C=O) groups excluding carboxylic acids is 1. The number of aliphatic hydroxyl groups excluding tert-OH is 1. The summed E-state index contributed by atoms with van der Waals surface area (Å²) in [5.41, 5.74) is 2.96. The van der Waals surface area contributed by atoms with Crippen molar-refractivity contribution >= 4 is 5.91 Å². The second kappa shape index (κ2) is 11.4. The number of rotatable bonds is 11. The van der Waals surface area contributed by atoms with Crippen molar-refractivity contribution in [3.05, 3.63) is 65.2 Å². The molecule has 0 aromatic heterocycles. The van der Waals surface area contributed by atoms with E-state index in [2.05, 4.69) is 6.92 Å². The topological polar surface area (TPSA) is 60.8 Å². The van der Waals surface area contributed by atoms with E-state index in [1.165, 1.54) is 5.56 Å². The van der Waals surface area contributed by atoms with Crippen LogP contribution >= 0.6 is 0 Å². The lowest BCUT2D eigenvalue weighted by Gasteiger charge is -2.23. The van der Waals surface area contributed by atoms with Crippen molar-refractivity contribution in [1.29, 1.82) is 0 Å². The molecule has 0 aliphatic rings. The number of benzene rings is 2. The SMILES string of the molecule is CCCc1ccc(C(=O)N(CCCCCCO)Cc2ccc(O)cc2)cc1. The molecule has 0 fully saturated rings. The monoisotopic (exact) mass is 369 g/mol. The molecular formula is C23H31NO3. The van der Waals surface area contributed by atoms with Crippen molar-refractivity contribution in [1.82, 2.24) is 4.90 Å². The highest BCUT2D eigenvalue weighted by Gasteiger charge is 2.16. The normalized spacial score (nSPS) is 10.7. The average Bonchev–Trinajstić information content (AvgIpc) is 2.69. The van der Waals surface area contributed by atoms with Crippen LogP contribution in [0.3, 0.4) is 0 Å². The van der Waals surface area contributed by atoms with Crippen molar-refractivity contribution < 1.29 is 15.0 Å². The predicted octanol–water partition coefficient (Wildman–Crippen LogP) is 4.54. The zero-order chi connectivity index (χ0) is 19.5. The molecule has 2 rings (SSSR count). The van der Waals surface area contributed by atoms with E-state index in [1.807, 2.05) is 41.3 Å². The van der Waals surface area contributed by atoms with Gasteiger partial charge in [-0.2, -0.15) is 0 Å². The molecule has 4 nitrogen and oxygen atoms in total. The van der Waals surface area contributed by atoms with Gasteiger partial charge in [0.25, 0.3) is 5.91 Å². The fraction of sp³-hybridized carbons (Fsp3) is 0.435. The highest BCUT2D eigenvalue weighted by molar-refractivity contribution is 5.94. The minimum absolute atomic E-state index is 0.0354. The molecule has 27 heavy (non-hydrogen) atoms. The van der Waals surface area contributed by atoms with E-state index in [-0.39, 0.29) is 18.3 Å². The number of carbonyl (C=O) groups is 1. The van der Waals surface area contributed by atoms with Crippen LogP contribution in [0, 0.1) is 0 Å². The molecule has 2 aromatic carbocycles. The van der Waals surface area contributed by atoms with Crippen molar-refractivity contribution in [2.45, 2.75) is 52.0 Å². The maximum Gasteiger partial charge on any atom is 0.254 e. The Balaban J connectivity index is 2.06. The van der Waals surface area contributed by atoms with Crippen LogP contribution in [0.1, 0.15) is 60.5 Å². The third kappa shape index (κ3) is 7.06. The number of amides is 1. The third-order valence-corrected chi connectivity index (χ3v) is 4.67. The standard InChI is InChI=1S/C23H31NO3/c1-2-7-19-8-12-21(13-9-19)23(27)24(16-5-3-4-6-17-25)18-20-10-14-22(26)15-11-20/h8-15,25-26H,2-7,16-18H2,1H3. The first-order valence-electron chi connectivity index (χ1n) is 9.91. The van der Waals surface area contributed by atoms with E-state index in [0.29, 0.717) is 18.7 Å². The average molecular weight is 370 g/mol. The molecule has 0 heterocycles. The summed E-state index contributed by atoms with van der Waals surface area (Å²) in [5, 5.41) is 18.4. The van der Waals surface area contributed by atoms with E-state index >= 15 is 0 Å². The van der Waals surface area contributed by atoms with E-state index in [1.54, 1.807) is 12.1 Å². The number of hydrogen-bond acceptors (Lipinski definition) is 3. The first kappa shape index (κ1) is 21.0. The molecule has 4 heteroatoms. The van der Waals surface area contributed by atoms with Gasteiger partial charge < -0.3 is 15.1 Å². The van der Waals surface area contributed by atoms with Crippen LogP contribution in [-0.2, 0) is 13.0 Å². The number of unbranched alkanes of at least 4 members (excludes halogenated alkanes) is 3. The number of nitrogens with zero attached hydrogens (tertiary/aromatic N) is 1. The second-order valence-electron chi connectivity index (χ2n) is 6.98. The van der Waals surface area contributed by atoms with Gasteiger partial charge in [0.1, 0.15) is 5.75 Å². The Labute approximate surface area is 162 Å². The van der Waals surface area contributed by atoms with Gasteiger partial charge in [-0.1, -0.05) is 50.5 Å². The summed E-state index contributed by atoms with van der Waals surface area (Å²) < 4.78 is 0. The number of phenolic OH excluding ortho intramolecular Hbond substituents is 1. The van der Waals surface area contributed by atoms with E-state index in [0.717, 1.165) is 44.1 Å². The maximum absolute atomic E-state index is 13.0. The Hall–Kier alpha value is -2.33. The van der Waals surface area contributed by atoms with Gasteiger partial charge in [-0.15, -0.1) is 0 Å². The van der Waals surface area contributed by atoms with Crippen LogP contribution in [0.4, 0.5) is 0 Å². The molecule has 0 spiro atoms. The molecule has 0 atom stereocenters. The predicted molar refractivity (Wildman–Crippen MR) is 109 cm³/mol. The molecular weight excluding hydrogens is 338 g/mol. The van der Waals surface area contributed by atoms with E-state index < -0.39 is 0 Å². The van der Waals surface area contributed by atoms with Crippen LogP contribution in [-0.4, -0.2) is 34.2 Å². The van der Waals surface area contributed by atoms with Gasteiger partial charge in [-0.3, -0.25) is 4.79 Å². The third-order valence-electron chi connectivity index (χ3n) is 4.67. The quantitative estimate of drug-likeness (QED) is 0.572. The van der Waals surface area contributed by atoms with Crippen LogP contribution < -0.4 is 0 Å². The molecule has 0 aliphatic carbocycles. The molecule has 2 N–H and O–H groups in total. The minimum Gasteiger partial charge on any atom is -0.508 e. The van der Waals surface area contributed by atoms with Crippen LogP contribution in [0.25, 0.3) is 0 Å². The Morgan fingerprint density at radius 1 is 0.889 bits per heavy atom. The van der Waals surface area contributed by atoms with Crippen LogP contribution in [0.15, 0.2) is 48.5 Å². The lowest BCUT2D eigenvalue weighted by molar-refractivity contribution is 0.0739. The number of aromatic hydroxyl groups is 1. The summed E-state index contributed by atoms with van der Waals surface area (Å²) in [6.45, 7) is 3.58. The summed E-state index contributed by atoms with van der Waals surface area (Å²) >= 11 is 0. The van der Waals surface area contributed by atoms with E-state index in [4.69, 9.17) is 5.11 Å². The lowest BCUT2D eigenvalue weighted by Crippen LogP contribution is -2.31. The highest BCUT2D eigenvalue weighted by Crippen LogP contribution is 2.16. The molecule has 0 saturated heterocycles. The van der Waals surface area contributed by atoms with Crippen molar-refractivity contribution in [2.24, 2.45) is 0 Å². The number of hydrogen-bond donors (Lipinski definition) is 2. The molecule has 0 saturated carbocycles. The minimum atomic E-state index is 0.0354. The highest BCUT2D eigenvalue weighted by atomic mass is 16.3. The van der Waals surface area contributed by atoms with Gasteiger partial charge in [0, 0.05) is 25.3 Å². The van der Waals surface area contributed by atoms with E-state index in [9.17, 15) is 9.90 Å². The Morgan fingerprint density at radius 3 is 2.15 bits per heavy atom. The first-order chi connectivity index (χ1) is 13.1. The number of phenols is 1. The van der Waals surface area contributed by atoms with Crippen molar-refractivity contribution in [3.8, 4) is 5.75 Å². The maximum atomic E-state index is 13.0. The summed E-state index contributed by atoms with van der Waals surface area (Å²) in [5.74, 6) is 0.264. The Morgan fingerprint density at radius 2 is 1.52 bits per heavy atom. The summed E-state index contributed by atoms with van der Waals surface area (Å²) in [4.78, 5) is 14.9. The van der Waals surface area contributed by atoms with Gasteiger partial charge in [-0.05, 0) is 54.7 Å². The number of aryl methyl sites for hydroxylation is 1. The van der Waals surface area contributed by atoms with Gasteiger partial charge in [0.15, 0.2) is 0 Å². The second-order valence-corrected chi connectivity index (χ2v) is 6.98. The first-order valence-corrected chi connectivity index (χ1v) is 9.91. The zero-order valence-electron chi connectivity index (χ0n) is 16.2. The van der Waals surface area contributed by atoms with Gasteiger partial charge >= 0.3 is 0 Å². The Kier molecular flexibility index (Phi) is 8.85. The molecule has 146 valence electrons. The number of aliphatic hydroxyl groups is 1. The van der Waals surface area contributed by atoms with Crippen molar-refractivity contribution in [3.63, 3.8) is 0 Å². The van der Waals surface area contributed by atoms with Crippen molar-refractivity contribution in [2.75, 3.05) is 13.2 Å². The molecule has 0 aliphatic heterocycles. The lowest BCUT2D eigenvalue weighted by atomic mass is 10.1. The fourth-order valence-corrected chi connectivity index (χ4v) is 3.13. The molecule has 0 radical (unpaired) electrons. The zero-order valence-corrected chi connectivity index (χ0v) is 16.2. The fourth-order valence-electron chi connectivity index (χ4n) is 3.13. The summed E-state index contributed by atoms with van der Waals surface area (Å²) in [6, 6.07) is 14.9. The molecule has 2 aromatic rings. The van der Waals surface area contributed by atoms with Gasteiger partial charge in [-0.25, -0.2) is 0 Å². The summed E-state index contributed by atoms with van der Waals surface area (Å²) in [6.07, 6.45) is 5.81. The molecule has 1 amide bonds. The van der Waals surface area contributed by atoms with Gasteiger partial charge in [0.2, 0.25) is 0 Å². The molecule has 0 bridgehead atoms. The largest absolute Gasteiger partial charge is 0.508 e. The summed E-state index contributed by atoms with van der Waals surface area (Å²) in [7, 11) is 0. The van der Waals surface area contributed by atoms with Gasteiger partial charge in [0.05, 0.1) is 0 Å².